The van der Waals surface area contributed by atoms with Gasteiger partial charge in [-0.2, -0.15) is 0 Å². The topological polar surface area (TPSA) is 44.5 Å². The average Bonchev–Trinajstić information content (AvgIpc) is 2.78. The Labute approximate surface area is 98.5 Å². The Morgan fingerprint density at radius 1 is 1.29 bits per heavy atom. The van der Waals surface area contributed by atoms with Gasteiger partial charge in [-0.05, 0) is 25.0 Å². The van der Waals surface area contributed by atoms with Crippen LogP contribution in [0.1, 0.15) is 12.8 Å². The molecule has 2 atom stereocenters. The fourth-order valence-electron chi connectivity index (χ4n) is 1.85. The van der Waals surface area contributed by atoms with Gasteiger partial charge in [-0.1, -0.05) is 0 Å². The van der Waals surface area contributed by atoms with E-state index < -0.39 is 11.6 Å². The van der Waals surface area contributed by atoms with Gasteiger partial charge in [0.1, 0.15) is 12.4 Å². The lowest BCUT2D eigenvalue weighted by Crippen LogP contribution is -2.23. The molecule has 2 unspecified atom stereocenters. The van der Waals surface area contributed by atoms with Crippen molar-refractivity contribution in [3.63, 3.8) is 0 Å². The third-order valence-electron chi connectivity index (χ3n) is 2.78. The minimum Gasteiger partial charge on any atom is -0.488 e. The average molecular weight is 243 g/mol. The van der Waals surface area contributed by atoms with E-state index in [0.717, 1.165) is 31.0 Å². The van der Waals surface area contributed by atoms with E-state index in [1.807, 2.05) is 0 Å². The zero-order valence-electron chi connectivity index (χ0n) is 9.36. The van der Waals surface area contributed by atoms with Crippen LogP contribution in [0.5, 0.6) is 5.75 Å². The summed E-state index contributed by atoms with van der Waals surface area (Å²) in [7, 11) is 0. The van der Waals surface area contributed by atoms with Gasteiger partial charge < -0.3 is 15.2 Å². The number of benzene rings is 1. The van der Waals surface area contributed by atoms with Gasteiger partial charge in [-0.3, -0.25) is 0 Å². The van der Waals surface area contributed by atoms with Crippen LogP contribution in [0.2, 0.25) is 0 Å². The molecule has 1 aliphatic rings. The van der Waals surface area contributed by atoms with Crippen molar-refractivity contribution in [2.45, 2.75) is 25.0 Å². The standard InChI is InChI=1S/C12H15F2NO2/c13-8-1-4-11(14)12(5-8)16-7-10-3-2-9(6-15)17-10/h1,4-5,9-10H,2-3,6-7,15H2. The van der Waals surface area contributed by atoms with Gasteiger partial charge in [0.25, 0.3) is 0 Å². The van der Waals surface area contributed by atoms with Crippen molar-refractivity contribution in [1.29, 1.82) is 0 Å². The molecule has 1 aromatic carbocycles. The Balaban J connectivity index is 1.88. The molecule has 0 radical (unpaired) electrons. The molecule has 1 saturated heterocycles. The lowest BCUT2D eigenvalue weighted by atomic mass is 10.2. The Bertz CT molecular complexity index is 387. The Morgan fingerprint density at radius 3 is 2.76 bits per heavy atom. The number of hydrogen-bond acceptors (Lipinski definition) is 3. The smallest absolute Gasteiger partial charge is 0.165 e. The number of rotatable bonds is 4. The molecule has 1 aromatic rings. The van der Waals surface area contributed by atoms with Crippen molar-refractivity contribution in [1.82, 2.24) is 0 Å². The molecule has 0 aromatic heterocycles. The van der Waals surface area contributed by atoms with Crippen LogP contribution >= 0.6 is 0 Å². The molecule has 0 aliphatic carbocycles. The van der Waals surface area contributed by atoms with Crippen LogP contribution in [-0.4, -0.2) is 25.4 Å². The van der Waals surface area contributed by atoms with E-state index in [4.69, 9.17) is 15.2 Å². The van der Waals surface area contributed by atoms with Crippen molar-refractivity contribution in [2.24, 2.45) is 5.73 Å². The summed E-state index contributed by atoms with van der Waals surface area (Å²) in [6.07, 6.45) is 1.68. The van der Waals surface area contributed by atoms with Crippen molar-refractivity contribution < 1.29 is 18.3 Å². The van der Waals surface area contributed by atoms with Gasteiger partial charge in [-0.15, -0.1) is 0 Å². The van der Waals surface area contributed by atoms with E-state index in [9.17, 15) is 8.78 Å². The SMILES string of the molecule is NCC1CCC(COc2cc(F)ccc2F)O1. The molecule has 2 rings (SSSR count). The molecule has 0 spiro atoms. The lowest BCUT2D eigenvalue weighted by Gasteiger charge is -2.13. The summed E-state index contributed by atoms with van der Waals surface area (Å²) in [4.78, 5) is 0. The maximum Gasteiger partial charge on any atom is 0.165 e. The van der Waals surface area contributed by atoms with Crippen LogP contribution in [0, 0.1) is 11.6 Å². The van der Waals surface area contributed by atoms with Gasteiger partial charge in [0.15, 0.2) is 11.6 Å². The monoisotopic (exact) mass is 243 g/mol. The van der Waals surface area contributed by atoms with Gasteiger partial charge in [-0.25, -0.2) is 8.78 Å². The molecule has 1 aliphatic heterocycles. The van der Waals surface area contributed by atoms with Crippen LogP contribution in [0.4, 0.5) is 8.78 Å². The van der Waals surface area contributed by atoms with Crippen molar-refractivity contribution in [3.05, 3.63) is 29.8 Å². The highest BCUT2D eigenvalue weighted by molar-refractivity contribution is 5.24. The molecule has 2 N–H and O–H groups in total. The number of hydrogen-bond donors (Lipinski definition) is 1. The number of ether oxygens (including phenoxy) is 2. The number of nitrogens with two attached hydrogens (primary N) is 1. The summed E-state index contributed by atoms with van der Waals surface area (Å²) in [5, 5.41) is 0. The molecular formula is C12H15F2NO2. The zero-order chi connectivity index (χ0) is 12.3. The predicted molar refractivity (Wildman–Crippen MR) is 58.8 cm³/mol. The molecule has 0 saturated carbocycles. The first-order valence-electron chi connectivity index (χ1n) is 5.62. The molecule has 5 heteroatoms. The molecular weight excluding hydrogens is 228 g/mol. The van der Waals surface area contributed by atoms with Gasteiger partial charge in [0.2, 0.25) is 0 Å². The van der Waals surface area contributed by atoms with Crippen LogP contribution in [0.3, 0.4) is 0 Å². The summed E-state index contributed by atoms with van der Waals surface area (Å²) in [6, 6.07) is 3.13. The predicted octanol–water partition coefficient (Wildman–Crippen LogP) is 1.85. The maximum absolute atomic E-state index is 13.2. The summed E-state index contributed by atoms with van der Waals surface area (Å²) in [5.41, 5.74) is 5.47. The van der Waals surface area contributed by atoms with Crippen molar-refractivity contribution >= 4 is 0 Å². The van der Waals surface area contributed by atoms with Crippen LogP contribution in [0.15, 0.2) is 18.2 Å². The molecule has 1 heterocycles. The van der Waals surface area contributed by atoms with Crippen LogP contribution < -0.4 is 10.5 Å². The van der Waals surface area contributed by atoms with E-state index in [1.165, 1.54) is 0 Å². The first-order valence-corrected chi connectivity index (χ1v) is 5.62. The minimum absolute atomic E-state index is 0.0564. The summed E-state index contributed by atoms with van der Waals surface area (Å²) in [5.74, 6) is -1.17. The lowest BCUT2D eigenvalue weighted by molar-refractivity contribution is 0.0213. The normalized spacial score (nSPS) is 23.9. The van der Waals surface area contributed by atoms with Crippen molar-refractivity contribution in [3.8, 4) is 5.75 Å². The van der Waals surface area contributed by atoms with E-state index >= 15 is 0 Å². The molecule has 1 fully saturated rings. The second kappa shape index (κ2) is 5.42. The minimum atomic E-state index is -0.570. The highest BCUT2D eigenvalue weighted by Crippen LogP contribution is 2.22. The van der Waals surface area contributed by atoms with Gasteiger partial charge in [0, 0.05) is 12.6 Å². The van der Waals surface area contributed by atoms with Gasteiger partial charge >= 0.3 is 0 Å². The van der Waals surface area contributed by atoms with E-state index in [-0.39, 0.29) is 24.6 Å². The highest BCUT2D eigenvalue weighted by atomic mass is 19.1. The molecule has 17 heavy (non-hydrogen) atoms. The summed E-state index contributed by atoms with van der Waals surface area (Å²) in [6.45, 7) is 0.696. The summed E-state index contributed by atoms with van der Waals surface area (Å²) < 4.78 is 36.9. The first-order chi connectivity index (χ1) is 8.19. The molecule has 94 valence electrons. The first kappa shape index (κ1) is 12.3. The number of halogens is 2. The quantitative estimate of drug-likeness (QED) is 0.877. The highest BCUT2D eigenvalue weighted by Gasteiger charge is 2.24. The second-order valence-corrected chi connectivity index (χ2v) is 4.08. The van der Waals surface area contributed by atoms with Gasteiger partial charge in [0.05, 0.1) is 12.2 Å². The zero-order valence-corrected chi connectivity index (χ0v) is 9.36. The third-order valence-corrected chi connectivity index (χ3v) is 2.78. The van der Waals surface area contributed by atoms with Crippen molar-refractivity contribution in [2.75, 3.05) is 13.2 Å². The Hall–Kier alpha value is -1.20. The maximum atomic E-state index is 13.2. The molecule has 3 nitrogen and oxygen atoms in total. The Kier molecular flexibility index (Phi) is 3.91. The second-order valence-electron chi connectivity index (χ2n) is 4.08. The van der Waals surface area contributed by atoms with E-state index in [2.05, 4.69) is 0 Å². The van der Waals surface area contributed by atoms with Crippen LogP contribution in [-0.2, 0) is 4.74 Å². The summed E-state index contributed by atoms with van der Waals surface area (Å²) >= 11 is 0. The fourth-order valence-corrected chi connectivity index (χ4v) is 1.85. The molecule has 0 bridgehead atoms. The third kappa shape index (κ3) is 3.14. The van der Waals surface area contributed by atoms with E-state index in [0.29, 0.717) is 6.54 Å². The molecule has 0 amide bonds. The largest absolute Gasteiger partial charge is 0.488 e. The fraction of sp³-hybridized carbons (Fsp3) is 0.500. The Morgan fingerprint density at radius 2 is 2.06 bits per heavy atom. The van der Waals surface area contributed by atoms with E-state index in [1.54, 1.807) is 0 Å². The van der Waals surface area contributed by atoms with Crippen LogP contribution in [0.25, 0.3) is 0 Å².